The van der Waals surface area contributed by atoms with Gasteiger partial charge in [0.25, 0.3) is 0 Å². The maximum atomic E-state index is 6.30. The number of terminal acetylenes is 1. The minimum absolute atomic E-state index is 0.752. The summed E-state index contributed by atoms with van der Waals surface area (Å²) in [5, 5.41) is 5.30. The highest BCUT2D eigenvalue weighted by atomic mass is 35.5. The predicted octanol–water partition coefficient (Wildman–Crippen LogP) is 3.67. The first kappa shape index (κ1) is 11.5. The van der Waals surface area contributed by atoms with Gasteiger partial charge >= 0.3 is 0 Å². The second-order valence-electron chi connectivity index (χ2n) is 3.47. The van der Waals surface area contributed by atoms with Crippen LogP contribution in [0.5, 0.6) is 0 Å². The first-order valence-corrected chi connectivity index (χ1v) is 6.32. The van der Waals surface area contributed by atoms with Crippen molar-refractivity contribution < 1.29 is 0 Å². The summed E-state index contributed by atoms with van der Waals surface area (Å²) in [6, 6.07) is 8.19. The molecule has 0 bridgehead atoms. The minimum Gasteiger partial charge on any atom is -0.311 e. The quantitative estimate of drug-likeness (QED) is 0.644. The molecule has 2 aromatic rings. The Morgan fingerprint density at radius 2 is 2.19 bits per heavy atom. The van der Waals surface area contributed by atoms with Crippen LogP contribution in [0.3, 0.4) is 0 Å². The molecule has 0 atom stereocenters. The zero-order valence-electron chi connectivity index (χ0n) is 8.79. The average Bonchev–Trinajstić information content (AvgIpc) is 2.63. The molecule has 0 amide bonds. The fraction of sp³-hybridized carbons (Fsp3) is 0.231. The first-order chi connectivity index (χ1) is 7.83. The summed E-state index contributed by atoms with van der Waals surface area (Å²) in [6.07, 6.45) is 5.94. The van der Waals surface area contributed by atoms with Crippen molar-refractivity contribution in [1.82, 2.24) is 5.32 Å². The minimum atomic E-state index is 0.752. The van der Waals surface area contributed by atoms with Gasteiger partial charge in [-0.05, 0) is 6.07 Å². The van der Waals surface area contributed by atoms with E-state index in [1.165, 1.54) is 9.58 Å². The molecule has 1 aromatic heterocycles. The molecule has 1 heterocycles. The highest BCUT2D eigenvalue weighted by molar-refractivity contribution is 7.19. The number of thiophene rings is 1. The highest BCUT2D eigenvalue weighted by Gasteiger charge is 2.08. The van der Waals surface area contributed by atoms with Crippen LogP contribution in [0.1, 0.15) is 11.3 Å². The Morgan fingerprint density at radius 1 is 1.38 bits per heavy atom. The van der Waals surface area contributed by atoms with Crippen molar-refractivity contribution in [2.45, 2.75) is 13.0 Å². The van der Waals surface area contributed by atoms with E-state index in [0.29, 0.717) is 0 Å². The number of hydrogen-bond acceptors (Lipinski definition) is 2. The Bertz CT molecular complexity index is 524. The van der Waals surface area contributed by atoms with Crippen molar-refractivity contribution in [1.29, 1.82) is 0 Å². The van der Waals surface area contributed by atoms with Gasteiger partial charge in [0, 0.05) is 34.5 Å². The van der Waals surface area contributed by atoms with Crippen molar-refractivity contribution in [3.63, 3.8) is 0 Å². The van der Waals surface area contributed by atoms with Gasteiger partial charge in [-0.25, -0.2) is 0 Å². The van der Waals surface area contributed by atoms with Crippen LogP contribution in [0.25, 0.3) is 10.1 Å². The van der Waals surface area contributed by atoms with Crippen LogP contribution in [0.2, 0.25) is 5.02 Å². The lowest BCUT2D eigenvalue weighted by atomic mass is 10.2. The Morgan fingerprint density at radius 3 is 2.94 bits per heavy atom. The van der Waals surface area contributed by atoms with Gasteiger partial charge in [0.2, 0.25) is 0 Å². The molecule has 2 rings (SSSR count). The molecule has 0 aliphatic carbocycles. The summed E-state index contributed by atoms with van der Waals surface area (Å²) >= 11 is 8.04. The summed E-state index contributed by atoms with van der Waals surface area (Å²) in [6.45, 7) is 1.63. The topological polar surface area (TPSA) is 12.0 Å². The third-order valence-electron chi connectivity index (χ3n) is 2.33. The summed E-state index contributed by atoms with van der Waals surface area (Å²) < 4.78 is 1.24. The molecular weight excluding hydrogens is 238 g/mol. The Balaban J connectivity index is 2.13. The van der Waals surface area contributed by atoms with Crippen molar-refractivity contribution in [3.8, 4) is 12.3 Å². The molecule has 0 saturated carbocycles. The SMILES string of the molecule is C#CCCNCc1sc2ccccc2c1Cl. The molecule has 0 spiro atoms. The lowest BCUT2D eigenvalue weighted by molar-refractivity contribution is 0.709. The van der Waals surface area contributed by atoms with E-state index in [0.717, 1.165) is 29.9 Å². The van der Waals surface area contributed by atoms with E-state index in [-0.39, 0.29) is 0 Å². The molecule has 0 aliphatic rings. The van der Waals surface area contributed by atoms with Gasteiger partial charge in [0.05, 0.1) is 5.02 Å². The number of hydrogen-bond donors (Lipinski definition) is 1. The van der Waals surface area contributed by atoms with Crippen LogP contribution < -0.4 is 5.32 Å². The van der Waals surface area contributed by atoms with E-state index in [2.05, 4.69) is 23.4 Å². The smallest absolute Gasteiger partial charge is 0.0636 e. The van der Waals surface area contributed by atoms with E-state index in [4.69, 9.17) is 18.0 Å². The molecular formula is C13H12ClNS. The largest absolute Gasteiger partial charge is 0.311 e. The van der Waals surface area contributed by atoms with Gasteiger partial charge in [-0.3, -0.25) is 0 Å². The molecule has 82 valence electrons. The molecule has 3 heteroatoms. The molecule has 16 heavy (non-hydrogen) atoms. The highest BCUT2D eigenvalue weighted by Crippen LogP contribution is 2.34. The monoisotopic (exact) mass is 249 g/mol. The van der Waals surface area contributed by atoms with Crippen LogP contribution in [0.15, 0.2) is 24.3 Å². The Labute approximate surface area is 104 Å². The summed E-state index contributed by atoms with van der Waals surface area (Å²) in [5.74, 6) is 2.60. The third kappa shape index (κ3) is 2.38. The maximum Gasteiger partial charge on any atom is 0.0636 e. The second kappa shape index (κ2) is 5.36. The summed E-state index contributed by atoms with van der Waals surface area (Å²) in [7, 11) is 0. The van der Waals surface area contributed by atoms with Gasteiger partial charge < -0.3 is 5.32 Å². The van der Waals surface area contributed by atoms with Gasteiger partial charge in [-0.1, -0.05) is 29.8 Å². The van der Waals surface area contributed by atoms with Crippen LogP contribution in [-0.4, -0.2) is 6.54 Å². The number of nitrogens with one attached hydrogen (secondary N) is 1. The van der Waals surface area contributed by atoms with E-state index in [9.17, 15) is 0 Å². The molecule has 0 fully saturated rings. The Kier molecular flexibility index (Phi) is 3.84. The van der Waals surface area contributed by atoms with Gasteiger partial charge in [-0.15, -0.1) is 23.7 Å². The van der Waals surface area contributed by atoms with Crippen LogP contribution >= 0.6 is 22.9 Å². The van der Waals surface area contributed by atoms with E-state index >= 15 is 0 Å². The van der Waals surface area contributed by atoms with Crippen LogP contribution in [0, 0.1) is 12.3 Å². The van der Waals surface area contributed by atoms with Gasteiger partial charge in [0.1, 0.15) is 0 Å². The van der Waals surface area contributed by atoms with Crippen molar-refractivity contribution in [2.24, 2.45) is 0 Å². The number of benzene rings is 1. The van der Waals surface area contributed by atoms with Crippen LogP contribution in [0.4, 0.5) is 0 Å². The van der Waals surface area contributed by atoms with E-state index in [1.807, 2.05) is 12.1 Å². The zero-order chi connectivity index (χ0) is 11.4. The lowest BCUT2D eigenvalue weighted by Crippen LogP contribution is -2.13. The van der Waals surface area contributed by atoms with E-state index < -0.39 is 0 Å². The fourth-order valence-corrected chi connectivity index (χ4v) is 3.01. The van der Waals surface area contributed by atoms with Crippen molar-refractivity contribution >= 4 is 33.0 Å². The van der Waals surface area contributed by atoms with Crippen molar-refractivity contribution in [3.05, 3.63) is 34.2 Å². The van der Waals surface area contributed by atoms with Gasteiger partial charge in [-0.2, -0.15) is 0 Å². The van der Waals surface area contributed by atoms with Crippen molar-refractivity contribution in [2.75, 3.05) is 6.54 Å². The number of rotatable bonds is 4. The average molecular weight is 250 g/mol. The molecule has 1 aromatic carbocycles. The third-order valence-corrected chi connectivity index (χ3v) is 4.05. The molecule has 1 N–H and O–H groups in total. The normalized spacial score (nSPS) is 10.5. The van der Waals surface area contributed by atoms with E-state index in [1.54, 1.807) is 11.3 Å². The summed E-state index contributed by atoms with van der Waals surface area (Å²) in [5.41, 5.74) is 0. The molecule has 0 radical (unpaired) electrons. The number of fused-ring (bicyclic) bond motifs is 1. The Hall–Kier alpha value is -1.01. The maximum absolute atomic E-state index is 6.30. The predicted molar refractivity (Wildman–Crippen MR) is 72.0 cm³/mol. The standard InChI is InChI=1S/C13H12ClNS/c1-2-3-8-15-9-12-13(14)10-6-4-5-7-11(10)16-12/h1,4-7,15H,3,8-9H2. The number of halogens is 1. The molecule has 1 nitrogen and oxygen atoms in total. The molecule has 0 aliphatic heterocycles. The molecule has 0 saturated heterocycles. The fourth-order valence-electron chi connectivity index (χ4n) is 1.54. The molecule has 0 unspecified atom stereocenters. The zero-order valence-corrected chi connectivity index (χ0v) is 10.4. The lowest BCUT2D eigenvalue weighted by Gasteiger charge is -1.99. The van der Waals surface area contributed by atoms with Gasteiger partial charge in [0.15, 0.2) is 0 Å². The van der Waals surface area contributed by atoms with Crippen LogP contribution in [-0.2, 0) is 6.54 Å². The summed E-state index contributed by atoms with van der Waals surface area (Å²) in [4.78, 5) is 1.18. The first-order valence-electron chi connectivity index (χ1n) is 5.13. The second-order valence-corrected chi connectivity index (χ2v) is 4.98.